The fourth-order valence-electron chi connectivity index (χ4n) is 3.99. The van der Waals surface area contributed by atoms with Crippen LogP contribution in [-0.2, 0) is 24.3 Å². The van der Waals surface area contributed by atoms with Gasteiger partial charge in [-0.1, -0.05) is 6.07 Å². The highest BCUT2D eigenvalue weighted by Gasteiger charge is 2.35. The highest BCUT2D eigenvalue weighted by molar-refractivity contribution is 5.81. The van der Waals surface area contributed by atoms with Crippen LogP contribution in [0.5, 0.6) is 0 Å². The summed E-state index contributed by atoms with van der Waals surface area (Å²) in [6.45, 7) is 4.07. The van der Waals surface area contributed by atoms with Gasteiger partial charge in [0.05, 0.1) is 29.8 Å². The summed E-state index contributed by atoms with van der Waals surface area (Å²) >= 11 is 0. The Labute approximate surface area is 163 Å². The Morgan fingerprint density at radius 3 is 3.00 bits per heavy atom. The number of hydrogen-bond acceptors (Lipinski definition) is 5. The molecular formula is C21H24N6O. The lowest BCUT2D eigenvalue weighted by Gasteiger charge is -2.30. The number of carbonyl (C=O) groups is 1. The second-order valence-electron chi connectivity index (χ2n) is 7.97. The number of anilines is 1. The standard InChI is InChI=1S/C21H24N6O/c1-13-3-6-16-17(9-13)25-19(24-16)11-26(2)20-15-7-8-27(21(28)14-4-5-14)10-18(15)22-12-23-20/h3,6,9,12,14H,4-5,7-8,10-11H2,1-2H3,(H,24,25). The van der Waals surface area contributed by atoms with Crippen molar-refractivity contribution in [1.29, 1.82) is 0 Å². The molecular weight excluding hydrogens is 352 g/mol. The first-order chi connectivity index (χ1) is 13.6. The number of aryl methyl sites for hydroxylation is 1. The van der Waals surface area contributed by atoms with Crippen LogP contribution in [0.15, 0.2) is 24.5 Å². The fourth-order valence-corrected chi connectivity index (χ4v) is 3.99. The van der Waals surface area contributed by atoms with Crippen LogP contribution in [0.2, 0.25) is 0 Å². The molecule has 0 radical (unpaired) electrons. The summed E-state index contributed by atoms with van der Waals surface area (Å²) in [5.74, 6) is 2.39. The molecule has 3 heterocycles. The molecule has 1 aliphatic heterocycles. The van der Waals surface area contributed by atoms with E-state index >= 15 is 0 Å². The molecule has 2 aliphatic rings. The maximum atomic E-state index is 12.4. The summed E-state index contributed by atoms with van der Waals surface area (Å²) in [7, 11) is 2.03. The lowest BCUT2D eigenvalue weighted by Crippen LogP contribution is -2.38. The fraction of sp³-hybridized carbons (Fsp3) is 0.429. The van der Waals surface area contributed by atoms with E-state index in [0.717, 1.165) is 59.7 Å². The van der Waals surface area contributed by atoms with Crippen LogP contribution in [0.3, 0.4) is 0 Å². The van der Waals surface area contributed by atoms with Crippen molar-refractivity contribution in [2.24, 2.45) is 5.92 Å². The smallest absolute Gasteiger partial charge is 0.226 e. The van der Waals surface area contributed by atoms with Crippen LogP contribution in [0, 0.1) is 12.8 Å². The summed E-state index contributed by atoms with van der Waals surface area (Å²) < 4.78 is 0. The molecule has 0 unspecified atom stereocenters. The molecule has 0 atom stereocenters. The van der Waals surface area contributed by atoms with Gasteiger partial charge in [-0.15, -0.1) is 0 Å². The van der Waals surface area contributed by atoms with E-state index in [1.54, 1.807) is 6.33 Å². The number of imidazole rings is 1. The predicted molar refractivity (Wildman–Crippen MR) is 107 cm³/mol. The van der Waals surface area contributed by atoms with Gasteiger partial charge in [0.2, 0.25) is 5.91 Å². The zero-order valence-electron chi connectivity index (χ0n) is 16.3. The zero-order chi connectivity index (χ0) is 19.3. The number of carbonyl (C=O) groups excluding carboxylic acids is 1. The van der Waals surface area contributed by atoms with Crippen molar-refractivity contribution >= 4 is 22.8 Å². The third-order valence-electron chi connectivity index (χ3n) is 5.66. The molecule has 1 fully saturated rings. The lowest BCUT2D eigenvalue weighted by molar-refractivity contribution is -0.133. The van der Waals surface area contributed by atoms with E-state index in [9.17, 15) is 4.79 Å². The van der Waals surface area contributed by atoms with Gasteiger partial charge >= 0.3 is 0 Å². The van der Waals surface area contributed by atoms with E-state index in [4.69, 9.17) is 4.98 Å². The Bertz CT molecular complexity index is 1050. The predicted octanol–water partition coefficient (Wildman–Crippen LogP) is 2.59. The molecule has 1 amide bonds. The summed E-state index contributed by atoms with van der Waals surface area (Å²) in [4.78, 5) is 33.6. The van der Waals surface area contributed by atoms with Gasteiger partial charge < -0.3 is 14.8 Å². The number of amides is 1. The van der Waals surface area contributed by atoms with Crippen molar-refractivity contribution in [3.8, 4) is 0 Å². The molecule has 5 rings (SSSR count). The van der Waals surface area contributed by atoms with Crippen LogP contribution in [0.1, 0.15) is 35.5 Å². The highest BCUT2D eigenvalue weighted by atomic mass is 16.2. The Kier molecular flexibility index (Phi) is 4.03. The molecule has 0 spiro atoms. The van der Waals surface area contributed by atoms with E-state index in [1.807, 2.05) is 18.0 Å². The van der Waals surface area contributed by atoms with E-state index < -0.39 is 0 Å². The minimum absolute atomic E-state index is 0.252. The Hall–Kier alpha value is -2.96. The molecule has 1 aromatic carbocycles. The van der Waals surface area contributed by atoms with E-state index in [2.05, 4.69) is 38.9 Å². The van der Waals surface area contributed by atoms with Crippen molar-refractivity contribution in [2.75, 3.05) is 18.5 Å². The number of nitrogens with one attached hydrogen (secondary N) is 1. The average molecular weight is 376 g/mol. The van der Waals surface area contributed by atoms with E-state index in [-0.39, 0.29) is 11.8 Å². The van der Waals surface area contributed by atoms with Crippen LogP contribution in [0.25, 0.3) is 11.0 Å². The topological polar surface area (TPSA) is 78.0 Å². The summed E-state index contributed by atoms with van der Waals surface area (Å²) in [5, 5.41) is 0. The van der Waals surface area contributed by atoms with Crippen LogP contribution >= 0.6 is 0 Å². The Morgan fingerprint density at radius 2 is 2.18 bits per heavy atom. The molecule has 144 valence electrons. The number of nitrogens with zero attached hydrogens (tertiary/aromatic N) is 5. The minimum atomic E-state index is 0.252. The monoisotopic (exact) mass is 376 g/mol. The number of rotatable bonds is 4. The number of benzene rings is 1. The Morgan fingerprint density at radius 1 is 1.32 bits per heavy atom. The molecule has 1 aliphatic carbocycles. The maximum absolute atomic E-state index is 12.4. The quantitative estimate of drug-likeness (QED) is 0.757. The summed E-state index contributed by atoms with van der Waals surface area (Å²) in [6, 6.07) is 6.23. The molecule has 3 aromatic rings. The second-order valence-corrected chi connectivity index (χ2v) is 7.97. The second kappa shape index (κ2) is 6.58. The molecule has 0 bridgehead atoms. The summed E-state index contributed by atoms with van der Waals surface area (Å²) in [5.41, 5.74) is 5.37. The normalized spacial score (nSPS) is 16.3. The van der Waals surface area contributed by atoms with Crippen LogP contribution in [-0.4, -0.2) is 44.3 Å². The number of aromatic nitrogens is 4. The molecule has 2 aromatic heterocycles. The zero-order valence-corrected chi connectivity index (χ0v) is 16.3. The summed E-state index contributed by atoms with van der Waals surface area (Å²) in [6.07, 6.45) is 4.49. The molecule has 7 heteroatoms. The molecule has 7 nitrogen and oxygen atoms in total. The van der Waals surface area contributed by atoms with E-state index in [1.165, 1.54) is 5.56 Å². The van der Waals surface area contributed by atoms with Crippen molar-refractivity contribution < 1.29 is 4.79 Å². The molecule has 1 saturated carbocycles. The van der Waals surface area contributed by atoms with Gasteiger partial charge in [-0.05, 0) is 43.9 Å². The molecule has 28 heavy (non-hydrogen) atoms. The maximum Gasteiger partial charge on any atom is 0.226 e. The minimum Gasteiger partial charge on any atom is -0.352 e. The average Bonchev–Trinajstić information content (AvgIpc) is 3.47. The first-order valence-corrected chi connectivity index (χ1v) is 9.86. The Balaban J connectivity index is 1.37. The van der Waals surface area contributed by atoms with Crippen molar-refractivity contribution in [3.63, 3.8) is 0 Å². The molecule has 1 N–H and O–H groups in total. The van der Waals surface area contributed by atoms with Gasteiger partial charge in [0.25, 0.3) is 0 Å². The van der Waals surface area contributed by atoms with Crippen molar-refractivity contribution in [2.45, 2.75) is 39.3 Å². The highest BCUT2D eigenvalue weighted by Crippen LogP contribution is 2.33. The van der Waals surface area contributed by atoms with Gasteiger partial charge in [0, 0.05) is 25.1 Å². The van der Waals surface area contributed by atoms with Crippen LogP contribution < -0.4 is 4.90 Å². The van der Waals surface area contributed by atoms with Gasteiger partial charge in [0.1, 0.15) is 18.0 Å². The number of fused-ring (bicyclic) bond motifs is 2. The first-order valence-electron chi connectivity index (χ1n) is 9.86. The molecule has 0 saturated heterocycles. The number of hydrogen-bond donors (Lipinski definition) is 1. The lowest BCUT2D eigenvalue weighted by atomic mass is 10.0. The number of aromatic amines is 1. The SMILES string of the molecule is Cc1ccc2nc(CN(C)c3ncnc4c3CCN(C(=O)C3CC3)C4)[nH]c2c1. The first kappa shape index (κ1) is 17.2. The third-order valence-corrected chi connectivity index (χ3v) is 5.66. The van der Waals surface area contributed by atoms with Gasteiger partial charge in [-0.25, -0.2) is 15.0 Å². The van der Waals surface area contributed by atoms with Crippen molar-refractivity contribution in [1.82, 2.24) is 24.8 Å². The van der Waals surface area contributed by atoms with E-state index in [0.29, 0.717) is 13.1 Å². The van der Waals surface area contributed by atoms with Crippen LogP contribution in [0.4, 0.5) is 5.82 Å². The van der Waals surface area contributed by atoms with Gasteiger partial charge in [0.15, 0.2) is 0 Å². The van der Waals surface area contributed by atoms with Gasteiger partial charge in [-0.3, -0.25) is 4.79 Å². The largest absolute Gasteiger partial charge is 0.352 e. The van der Waals surface area contributed by atoms with Crippen molar-refractivity contribution in [3.05, 3.63) is 47.2 Å². The number of H-pyrrole nitrogens is 1. The van der Waals surface area contributed by atoms with Gasteiger partial charge in [-0.2, -0.15) is 0 Å². The third kappa shape index (κ3) is 3.10.